The molecule has 2 atom stereocenters. The van der Waals surface area contributed by atoms with E-state index in [0.717, 1.165) is 5.56 Å². The van der Waals surface area contributed by atoms with Crippen molar-refractivity contribution in [2.45, 2.75) is 25.5 Å². The topological polar surface area (TPSA) is 83.5 Å². The van der Waals surface area contributed by atoms with E-state index in [4.69, 9.17) is 5.11 Å². The first-order valence-electron chi connectivity index (χ1n) is 5.84. The number of carboxylic acids is 1. The lowest BCUT2D eigenvalue weighted by Crippen LogP contribution is -2.26. The van der Waals surface area contributed by atoms with Gasteiger partial charge in [0.15, 0.2) is 0 Å². The van der Waals surface area contributed by atoms with E-state index in [-0.39, 0.29) is 18.1 Å². The van der Waals surface area contributed by atoms with Crippen LogP contribution in [-0.2, 0) is 20.4 Å². The Hall–Kier alpha value is -1.69. The van der Waals surface area contributed by atoms with Gasteiger partial charge in [-0.05, 0) is 18.6 Å². The molecule has 0 heterocycles. The molecule has 2 N–H and O–H groups in total. The first-order chi connectivity index (χ1) is 8.90. The van der Waals surface area contributed by atoms with Crippen molar-refractivity contribution in [1.29, 1.82) is 0 Å². The molecule has 0 aromatic heterocycles. The summed E-state index contributed by atoms with van der Waals surface area (Å²) in [5.41, 5.74) is 1.59. The Kier molecular flexibility index (Phi) is 5.69. The second-order valence-electron chi connectivity index (χ2n) is 4.30. The summed E-state index contributed by atoms with van der Waals surface area (Å²) in [6, 6.07) is 7.28. The van der Waals surface area contributed by atoms with Crippen LogP contribution in [-0.4, -0.2) is 32.2 Å². The smallest absolute Gasteiger partial charge is 0.304 e. The number of carbonyl (C=O) groups excluding carboxylic acids is 1. The number of para-hydroxylation sites is 1. The van der Waals surface area contributed by atoms with Crippen molar-refractivity contribution in [1.82, 2.24) is 0 Å². The maximum absolute atomic E-state index is 11.8. The first kappa shape index (κ1) is 15.4. The van der Waals surface area contributed by atoms with Crippen molar-refractivity contribution in [3.05, 3.63) is 29.8 Å². The van der Waals surface area contributed by atoms with E-state index in [0.29, 0.717) is 5.69 Å². The van der Waals surface area contributed by atoms with E-state index in [1.807, 2.05) is 19.1 Å². The molecule has 0 fully saturated rings. The molecule has 1 rings (SSSR count). The van der Waals surface area contributed by atoms with Gasteiger partial charge in [0.05, 0.1) is 6.42 Å². The normalized spacial score (nSPS) is 13.6. The highest BCUT2D eigenvalue weighted by Crippen LogP contribution is 2.13. The molecular weight excluding hydrogens is 266 g/mol. The van der Waals surface area contributed by atoms with E-state index >= 15 is 0 Å². The molecule has 1 aromatic carbocycles. The summed E-state index contributed by atoms with van der Waals surface area (Å²) in [4.78, 5) is 22.2. The van der Waals surface area contributed by atoms with E-state index < -0.39 is 22.0 Å². The van der Waals surface area contributed by atoms with E-state index in [2.05, 4.69) is 5.32 Å². The summed E-state index contributed by atoms with van der Waals surface area (Å²) in [6.45, 7) is 3.42. The Balaban J connectivity index is 2.54. The Morgan fingerprint density at radius 1 is 1.37 bits per heavy atom. The molecule has 0 spiro atoms. The zero-order chi connectivity index (χ0) is 14.4. The summed E-state index contributed by atoms with van der Waals surface area (Å²) in [6.07, 6.45) is -0.204. The maximum Gasteiger partial charge on any atom is 0.304 e. The number of nitrogens with one attached hydrogen (secondary N) is 1. The number of amides is 1. The Morgan fingerprint density at radius 3 is 2.58 bits per heavy atom. The predicted octanol–water partition coefficient (Wildman–Crippen LogP) is 1.55. The molecule has 0 saturated carbocycles. The summed E-state index contributed by atoms with van der Waals surface area (Å²) < 4.78 is 11.8. The van der Waals surface area contributed by atoms with E-state index in [9.17, 15) is 13.8 Å². The molecule has 1 amide bonds. The second-order valence-corrected chi connectivity index (χ2v) is 6.15. The number of hydrogen-bond acceptors (Lipinski definition) is 3. The molecule has 0 aliphatic rings. The third-order valence-corrected chi connectivity index (χ3v) is 4.21. The van der Waals surface area contributed by atoms with Crippen molar-refractivity contribution in [3.8, 4) is 0 Å². The molecule has 0 aliphatic carbocycles. The van der Waals surface area contributed by atoms with Gasteiger partial charge in [0.25, 0.3) is 0 Å². The van der Waals surface area contributed by atoms with Crippen LogP contribution in [0.5, 0.6) is 0 Å². The molecule has 6 heteroatoms. The third kappa shape index (κ3) is 5.21. The number of aryl methyl sites for hydroxylation is 1. The van der Waals surface area contributed by atoms with Gasteiger partial charge < -0.3 is 10.4 Å². The van der Waals surface area contributed by atoms with Gasteiger partial charge in [-0.3, -0.25) is 13.8 Å². The number of aliphatic carboxylic acids is 1. The summed E-state index contributed by atoms with van der Waals surface area (Å²) in [5, 5.41) is 10.7. The summed E-state index contributed by atoms with van der Waals surface area (Å²) in [5.74, 6) is -1.58. The fourth-order valence-electron chi connectivity index (χ4n) is 1.51. The molecule has 1 aromatic rings. The van der Waals surface area contributed by atoms with Crippen LogP contribution in [0.3, 0.4) is 0 Å². The number of anilines is 1. The monoisotopic (exact) mass is 283 g/mol. The second kappa shape index (κ2) is 7.04. The summed E-state index contributed by atoms with van der Waals surface area (Å²) >= 11 is 0. The third-order valence-electron chi connectivity index (χ3n) is 2.60. The van der Waals surface area contributed by atoms with Gasteiger partial charge in [-0.25, -0.2) is 0 Å². The molecule has 0 saturated heterocycles. The minimum absolute atomic E-state index is 0.192. The fraction of sp³-hybridized carbons (Fsp3) is 0.385. The Bertz CT molecular complexity index is 501. The van der Waals surface area contributed by atoms with Gasteiger partial charge in [0.2, 0.25) is 5.91 Å². The van der Waals surface area contributed by atoms with Crippen LogP contribution in [0.25, 0.3) is 0 Å². The van der Waals surface area contributed by atoms with Crippen molar-refractivity contribution in [3.63, 3.8) is 0 Å². The quantitative estimate of drug-likeness (QED) is 0.829. The predicted molar refractivity (Wildman–Crippen MR) is 74.5 cm³/mol. The van der Waals surface area contributed by atoms with Crippen LogP contribution in [0.15, 0.2) is 24.3 Å². The lowest BCUT2D eigenvalue weighted by atomic mass is 10.2. The number of carbonyl (C=O) groups is 2. The molecule has 0 bridgehead atoms. The van der Waals surface area contributed by atoms with E-state index in [1.165, 1.54) is 0 Å². The molecule has 0 aliphatic heterocycles. The lowest BCUT2D eigenvalue weighted by molar-refractivity contribution is -0.136. The Labute approximate surface area is 114 Å². The fourth-order valence-corrected chi connectivity index (χ4v) is 2.45. The highest BCUT2D eigenvalue weighted by molar-refractivity contribution is 7.86. The number of benzene rings is 1. The summed E-state index contributed by atoms with van der Waals surface area (Å²) in [7, 11) is -1.49. The average molecular weight is 283 g/mol. The van der Waals surface area contributed by atoms with Crippen molar-refractivity contribution in [2.75, 3.05) is 11.1 Å². The van der Waals surface area contributed by atoms with Crippen LogP contribution in [0.4, 0.5) is 5.69 Å². The average Bonchev–Trinajstić information content (AvgIpc) is 2.31. The molecule has 19 heavy (non-hydrogen) atoms. The van der Waals surface area contributed by atoms with Crippen molar-refractivity contribution < 1.29 is 18.9 Å². The van der Waals surface area contributed by atoms with E-state index in [1.54, 1.807) is 19.1 Å². The standard InChI is InChI=1S/C13H17NO4S/c1-9-5-3-4-6-11(9)14-12(15)8-19(18)10(2)7-13(16)17/h3-6,10H,7-8H2,1-2H3,(H,14,15)(H,16,17). The molecular formula is C13H17NO4S. The molecule has 0 radical (unpaired) electrons. The largest absolute Gasteiger partial charge is 0.481 e. The first-order valence-corrected chi connectivity index (χ1v) is 7.23. The Morgan fingerprint density at radius 2 is 2.00 bits per heavy atom. The minimum Gasteiger partial charge on any atom is -0.481 e. The van der Waals surface area contributed by atoms with Gasteiger partial charge >= 0.3 is 5.97 Å². The van der Waals surface area contributed by atoms with Crippen LogP contribution < -0.4 is 5.32 Å². The van der Waals surface area contributed by atoms with Gasteiger partial charge in [-0.2, -0.15) is 0 Å². The maximum atomic E-state index is 11.8. The van der Waals surface area contributed by atoms with Crippen molar-refractivity contribution >= 4 is 28.4 Å². The lowest BCUT2D eigenvalue weighted by Gasteiger charge is -2.10. The zero-order valence-corrected chi connectivity index (χ0v) is 11.7. The zero-order valence-electron chi connectivity index (χ0n) is 10.9. The number of rotatable bonds is 6. The van der Waals surface area contributed by atoms with Crippen molar-refractivity contribution in [2.24, 2.45) is 0 Å². The molecule has 104 valence electrons. The van der Waals surface area contributed by atoms with Gasteiger partial charge in [-0.15, -0.1) is 0 Å². The van der Waals surface area contributed by atoms with Gasteiger partial charge in [0.1, 0.15) is 5.75 Å². The number of hydrogen-bond donors (Lipinski definition) is 2. The SMILES string of the molecule is Cc1ccccc1NC(=O)CS(=O)C(C)CC(=O)O. The molecule has 2 unspecified atom stereocenters. The highest BCUT2D eigenvalue weighted by atomic mass is 32.2. The van der Waals surface area contributed by atoms with Crippen LogP contribution >= 0.6 is 0 Å². The number of carboxylic acid groups (broad SMARTS) is 1. The molecule has 5 nitrogen and oxygen atoms in total. The highest BCUT2D eigenvalue weighted by Gasteiger charge is 2.18. The van der Waals surface area contributed by atoms with Gasteiger partial charge in [0, 0.05) is 21.7 Å². The van der Waals surface area contributed by atoms with Crippen LogP contribution in [0.1, 0.15) is 18.9 Å². The van der Waals surface area contributed by atoms with Gasteiger partial charge in [-0.1, -0.05) is 25.1 Å². The van der Waals surface area contributed by atoms with Crippen LogP contribution in [0, 0.1) is 6.92 Å². The minimum atomic E-state index is -1.49. The van der Waals surface area contributed by atoms with Crippen LogP contribution in [0.2, 0.25) is 0 Å².